The average molecular weight is 209 g/mol. The quantitative estimate of drug-likeness (QED) is 0.633. The van der Waals surface area contributed by atoms with Gasteiger partial charge >= 0.3 is 0 Å². The first-order chi connectivity index (χ1) is 7.31. The summed E-state index contributed by atoms with van der Waals surface area (Å²) < 4.78 is 0. The molecule has 1 N–H and O–H groups in total. The van der Waals surface area contributed by atoms with Crippen LogP contribution in [0.25, 0.3) is 0 Å². The van der Waals surface area contributed by atoms with E-state index in [0.717, 1.165) is 39.3 Å². The molecule has 2 rings (SSSR count). The molecule has 2 aliphatic rings. The molecule has 0 aromatic carbocycles. The Morgan fingerprint density at radius 3 is 2.60 bits per heavy atom. The van der Waals surface area contributed by atoms with E-state index >= 15 is 0 Å². The number of carbonyl (C=O) groups excluding carboxylic acids is 1. The number of hydrogen-bond donors (Lipinski definition) is 1. The summed E-state index contributed by atoms with van der Waals surface area (Å²) in [5.41, 5.74) is 0. The Kier molecular flexibility index (Phi) is 3.38. The van der Waals surface area contributed by atoms with Crippen molar-refractivity contribution in [3.63, 3.8) is 0 Å². The van der Waals surface area contributed by atoms with Gasteiger partial charge in [-0.3, -0.25) is 9.69 Å². The first-order valence-corrected chi connectivity index (χ1v) is 5.67. The Bertz CT molecular complexity index is 253. The summed E-state index contributed by atoms with van der Waals surface area (Å²) in [5.74, 6) is 0.156. The van der Waals surface area contributed by atoms with E-state index in [4.69, 9.17) is 0 Å². The third-order valence-corrected chi connectivity index (χ3v) is 3.15. The van der Waals surface area contributed by atoms with Crippen LogP contribution >= 0.6 is 0 Å². The van der Waals surface area contributed by atoms with Crippen molar-refractivity contribution < 1.29 is 4.79 Å². The van der Waals surface area contributed by atoms with Crippen molar-refractivity contribution in [2.75, 3.05) is 39.3 Å². The van der Waals surface area contributed by atoms with Gasteiger partial charge in [0, 0.05) is 45.3 Å². The number of piperazine rings is 1. The molecule has 2 fully saturated rings. The highest BCUT2D eigenvalue weighted by molar-refractivity contribution is 5.88. The average Bonchev–Trinajstić information content (AvgIpc) is 2.17. The molecule has 0 aliphatic carbocycles. The van der Waals surface area contributed by atoms with E-state index in [0.29, 0.717) is 6.04 Å². The van der Waals surface area contributed by atoms with Crippen LogP contribution in [0.2, 0.25) is 0 Å². The second kappa shape index (κ2) is 4.77. The number of carbonyl (C=O) groups is 1. The van der Waals surface area contributed by atoms with Gasteiger partial charge in [-0.25, -0.2) is 0 Å². The molecule has 84 valence electrons. The van der Waals surface area contributed by atoms with E-state index in [-0.39, 0.29) is 5.91 Å². The predicted molar refractivity (Wildman–Crippen MR) is 59.6 cm³/mol. The fraction of sp³-hybridized carbons (Fsp3) is 0.727. The number of allylic oxidation sites excluding steroid dienone is 1. The van der Waals surface area contributed by atoms with Crippen LogP contribution in [0, 0.1) is 0 Å². The Labute approximate surface area is 90.9 Å². The van der Waals surface area contributed by atoms with Crippen LogP contribution in [0.4, 0.5) is 0 Å². The Hall–Kier alpha value is -0.870. The van der Waals surface area contributed by atoms with Crippen molar-refractivity contribution >= 4 is 5.91 Å². The molecule has 0 unspecified atom stereocenters. The van der Waals surface area contributed by atoms with Gasteiger partial charge in [-0.05, 0) is 13.0 Å². The van der Waals surface area contributed by atoms with Crippen molar-refractivity contribution in [1.29, 1.82) is 0 Å². The van der Waals surface area contributed by atoms with Gasteiger partial charge in [0.05, 0.1) is 0 Å². The molecule has 0 atom stereocenters. The molecule has 0 saturated carbocycles. The van der Waals surface area contributed by atoms with Gasteiger partial charge in [-0.15, -0.1) is 0 Å². The van der Waals surface area contributed by atoms with Crippen LogP contribution in [0.15, 0.2) is 12.2 Å². The standard InChI is InChI=1S/C11H19N3O/c1-2-3-11(15)14-8-10(9-14)13-6-4-12-5-7-13/h2-3,10,12H,4-9H2,1H3. The molecular weight excluding hydrogens is 190 g/mol. The van der Waals surface area contributed by atoms with Gasteiger partial charge in [-0.2, -0.15) is 0 Å². The minimum absolute atomic E-state index is 0.156. The predicted octanol–water partition coefficient (Wildman–Crippen LogP) is -0.321. The minimum Gasteiger partial charge on any atom is -0.336 e. The van der Waals surface area contributed by atoms with E-state index in [2.05, 4.69) is 10.2 Å². The summed E-state index contributed by atoms with van der Waals surface area (Å²) in [6.45, 7) is 8.10. The Balaban J connectivity index is 1.75. The first kappa shape index (κ1) is 10.6. The molecule has 2 aliphatic heterocycles. The number of rotatable bonds is 2. The highest BCUT2D eigenvalue weighted by Crippen LogP contribution is 2.15. The second-order valence-electron chi connectivity index (χ2n) is 4.18. The lowest BCUT2D eigenvalue weighted by Gasteiger charge is -2.46. The lowest BCUT2D eigenvalue weighted by molar-refractivity contribution is -0.133. The maximum absolute atomic E-state index is 11.5. The summed E-state index contributed by atoms with van der Waals surface area (Å²) in [5, 5.41) is 3.34. The third-order valence-electron chi connectivity index (χ3n) is 3.15. The molecule has 0 aromatic rings. The number of hydrogen-bond acceptors (Lipinski definition) is 3. The topological polar surface area (TPSA) is 35.6 Å². The van der Waals surface area contributed by atoms with Crippen molar-refractivity contribution in [2.45, 2.75) is 13.0 Å². The maximum atomic E-state index is 11.5. The Morgan fingerprint density at radius 1 is 1.33 bits per heavy atom. The molecule has 2 saturated heterocycles. The van der Waals surface area contributed by atoms with E-state index < -0.39 is 0 Å². The first-order valence-electron chi connectivity index (χ1n) is 5.67. The molecule has 1 amide bonds. The lowest BCUT2D eigenvalue weighted by atomic mass is 10.1. The number of amides is 1. The van der Waals surface area contributed by atoms with E-state index in [9.17, 15) is 4.79 Å². The molecular formula is C11H19N3O. The summed E-state index contributed by atoms with van der Waals surface area (Å²) >= 11 is 0. The monoisotopic (exact) mass is 209 g/mol. The summed E-state index contributed by atoms with van der Waals surface area (Å²) in [6.07, 6.45) is 3.45. The molecule has 15 heavy (non-hydrogen) atoms. The second-order valence-corrected chi connectivity index (χ2v) is 4.18. The van der Waals surface area contributed by atoms with Crippen molar-refractivity contribution in [3.05, 3.63) is 12.2 Å². The molecule has 4 heteroatoms. The number of likely N-dealkylation sites (tertiary alicyclic amines) is 1. The van der Waals surface area contributed by atoms with Crippen LogP contribution in [0.5, 0.6) is 0 Å². The lowest BCUT2D eigenvalue weighted by Crippen LogP contribution is -2.63. The SMILES string of the molecule is CC=CC(=O)N1CC(N2CCNCC2)C1. The smallest absolute Gasteiger partial charge is 0.246 e. The zero-order chi connectivity index (χ0) is 10.7. The minimum atomic E-state index is 0.156. The van der Waals surface area contributed by atoms with Gasteiger partial charge in [0.1, 0.15) is 0 Å². The van der Waals surface area contributed by atoms with Crippen LogP contribution in [0.3, 0.4) is 0 Å². The van der Waals surface area contributed by atoms with Crippen LogP contribution in [-0.2, 0) is 4.79 Å². The fourth-order valence-corrected chi connectivity index (χ4v) is 2.16. The molecule has 4 nitrogen and oxygen atoms in total. The maximum Gasteiger partial charge on any atom is 0.246 e. The normalized spacial score (nSPS) is 24.5. The van der Waals surface area contributed by atoms with Gasteiger partial charge in [0.2, 0.25) is 5.91 Å². The van der Waals surface area contributed by atoms with Crippen molar-refractivity contribution in [1.82, 2.24) is 15.1 Å². The fourth-order valence-electron chi connectivity index (χ4n) is 2.16. The molecule has 0 radical (unpaired) electrons. The summed E-state index contributed by atoms with van der Waals surface area (Å²) in [7, 11) is 0. The largest absolute Gasteiger partial charge is 0.336 e. The van der Waals surface area contributed by atoms with Gasteiger partial charge in [-0.1, -0.05) is 6.08 Å². The molecule has 2 heterocycles. The van der Waals surface area contributed by atoms with Crippen LogP contribution in [0.1, 0.15) is 6.92 Å². The highest BCUT2D eigenvalue weighted by atomic mass is 16.2. The van der Waals surface area contributed by atoms with E-state index in [1.807, 2.05) is 11.8 Å². The molecule has 0 aromatic heterocycles. The van der Waals surface area contributed by atoms with Gasteiger partial charge in [0.25, 0.3) is 0 Å². The number of nitrogens with zero attached hydrogens (tertiary/aromatic N) is 2. The summed E-state index contributed by atoms with van der Waals surface area (Å²) in [6, 6.07) is 0.598. The zero-order valence-electron chi connectivity index (χ0n) is 9.28. The zero-order valence-corrected chi connectivity index (χ0v) is 9.28. The van der Waals surface area contributed by atoms with Crippen LogP contribution < -0.4 is 5.32 Å². The third kappa shape index (κ3) is 2.38. The summed E-state index contributed by atoms with van der Waals surface area (Å²) in [4.78, 5) is 15.9. The Morgan fingerprint density at radius 2 is 2.00 bits per heavy atom. The van der Waals surface area contributed by atoms with Crippen molar-refractivity contribution in [2.24, 2.45) is 0 Å². The van der Waals surface area contributed by atoms with E-state index in [1.165, 1.54) is 0 Å². The molecule has 0 spiro atoms. The van der Waals surface area contributed by atoms with Gasteiger partial charge in [0.15, 0.2) is 0 Å². The highest BCUT2D eigenvalue weighted by Gasteiger charge is 2.33. The molecule has 0 bridgehead atoms. The van der Waals surface area contributed by atoms with Gasteiger partial charge < -0.3 is 10.2 Å². The number of nitrogens with one attached hydrogen (secondary N) is 1. The van der Waals surface area contributed by atoms with Crippen LogP contribution in [-0.4, -0.2) is 61.0 Å². The van der Waals surface area contributed by atoms with E-state index in [1.54, 1.807) is 12.2 Å². The van der Waals surface area contributed by atoms with Crippen molar-refractivity contribution in [3.8, 4) is 0 Å².